The standard InChI is InChI=1S/C28H52O2/c1-3-5-7-9-11-13-23-29-27-19-15-25(16-20-27)26-17-21-28(22-18-26)30-24-14-12-10-8-6-4-2/h27-28H,3-24H2,1-2H3. The fourth-order valence-corrected chi connectivity index (χ4v) is 5.18. The maximum absolute atomic E-state index is 6.19. The van der Waals surface area contributed by atoms with Gasteiger partial charge in [-0.15, -0.1) is 0 Å². The fourth-order valence-electron chi connectivity index (χ4n) is 5.18. The van der Waals surface area contributed by atoms with Gasteiger partial charge in [-0.2, -0.15) is 0 Å². The molecule has 2 rings (SSSR count). The first-order valence-corrected chi connectivity index (χ1v) is 13.8. The Balaban J connectivity index is 1.49. The first-order chi connectivity index (χ1) is 14.8. The fraction of sp³-hybridized carbons (Fsp3) is 0.929. The lowest BCUT2D eigenvalue weighted by Crippen LogP contribution is -2.22. The van der Waals surface area contributed by atoms with E-state index in [-0.39, 0.29) is 0 Å². The third-order valence-electron chi connectivity index (χ3n) is 7.28. The van der Waals surface area contributed by atoms with Crippen LogP contribution in [-0.2, 0) is 9.47 Å². The van der Waals surface area contributed by atoms with Gasteiger partial charge in [0.25, 0.3) is 0 Å². The molecule has 0 aromatic carbocycles. The molecule has 0 N–H and O–H groups in total. The maximum Gasteiger partial charge on any atom is 0.0581 e. The Bertz CT molecular complexity index is 382. The number of allylic oxidation sites excluding steroid dienone is 2. The van der Waals surface area contributed by atoms with Gasteiger partial charge in [0.1, 0.15) is 0 Å². The van der Waals surface area contributed by atoms with Gasteiger partial charge in [-0.25, -0.2) is 0 Å². The molecule has 30 heavy (non-hydrogen) atoms. The second-order valence-corrected chi connectivity index (χ2v) is 9.88. The monoisotopic (exact) mass is 420 g/mol. The summed E-state index contributed by atoms with van der Waals surface area (Å²) in [6.07, 6.45) is 27.5. The summed E-state index contributed by atoms with van der Waals surface area (Å²) >= 11 is 0. The molecule has 0 aromatic rings. The lowest BCUT2D eigenvalue weighted by atomic mass is 9.82. The molecule has 0 heterocycles. The molecule has 176 valence electrons. The lowest BCUT2D eigenvalue weighted by molar-refractivity contribution is 0.0293. The van der Waals surface area contributed by atoms with Crippen molar-refractivity contribution in [3.05, 3.63) is 11.1 Å². The van der Waals surface area contributed by atoms with Crippen LogP contribution >= 0.6 is 0 Å². The average Bonchev–Trinajstić information content (AvgIpc) is 2.79. The van der Waals surface area contributed by atoms with E-state index in [1.165, 1.54) is 128 Å². The molecule has 0 bridgehead atoms. The topological polar surface area (TPSA) is 18.5 Å². The van der Waals surface area contributed by atoms with Gasteiger partial charge in [-0.05, 0) is 64.2 Å². The predicted octanol–water partition coefficient (Wildman–Crippen LogP) is 8.92. The Morgan fingerprint density at radius 3 is 1.20 bits per heavy atom. The van der Waals surface area contributed by atoms with E-state index >= 15 is 0 Å². The van der Waals surface area contributed by atoms with Crippen molar-refractivity contribution in [1.82, 2.24) is 0 Å². The molecule has 0 aromatic heterocycles. The largest absolute Gasteiger partial charge is 0.378 e. The highest BCUT2D eigenvalue weighted by molar-refractivity contribution is 5.18. The highest BCUT2D eigenvalue weighted by Gasteiger charge is 2.23. The Hall–Kier alpha value is -0.340. The van der Waals surface area contributed by atoms with Crippen LogP contribution in [0.5, 0.6) is 0 Å². The van der Waals surface area contributed by atoms with E-state index in [1.54, 1.807) is 11.1 Å². The van der Waals surface area contributed by atoms with Gasteiger partial charge in [0.15, 0.2) is 0 Å². The molecule has 0 unspecified atom stereocenters. The third-order valence-corrected chi connectivity index (χ3v) is 7.28. The van der Waals surface area contributed by atoms with Crippen LogP contribution in [0.4, 0.5) is 0 Å². The minimum atomic E-state index is 0.530. The summed E-state index contributed by atoms with van der Waals surface area (Å²) in [7, 11) is 0. The van der Waals surface area contributed by atoms with E-state index in [1.807, 2.05) is 0 Å². The van der Waals surface area contributed by atoms with Gasteiger partial charge >= 0.3 is 0 Å². The minimum absolute atomic E-state index is 0.530. The van der Waals surface area contributed by atoms with Gasteiger partial charge in [0, 0.05) is 13.2 Å². The predicted molar refractivity (Wildman–Crippen MR) is 130 cm³/mol. The van der Waals surface area contributed by atoms with Crippen molar-refractivity contribution in [3.63, 3.8) is 0 Å². The van der Waals surface area contributed by atoms with Crippen LogP contribution in [0.3, 0.4) is 0 Å². The zero-order valence-electron chi connectivity index (χ0n) is 20.5. The van der Waals surface area contributed by atoms with Crippen molar-refractivity contribution in [3.8, 4) is 0 Å². The van der Waals surface area contributed by atoms with E-state index < -0.39 is 0 Å². The highest BCUT2D eigenvalue weighted by atomic mass is 16.5. The first kappa shape index (κ1) is 25.9. The van der Waals surface area contributed by atoms with Crippen LogP contribution in [0.25, 0.3) is 0 Å². The Kier molecular flexibility index (Phi) is 14.9. The Morgan fingerprint density at radius 2 is 0.833 bits per heavy atom. The lowest BCUT2D eigenvalue weighted by Gasteiger charge is -2.30. The smallest absolute Gasteiger partial charge is 0.0581 e. The molecule has 2 nitrogen and oxygen atoms in total. The van der Waals surface area contributed by atoms with Crippen LogP contribution in [0.2, 0.25) is 0 Å². The first-order valence-electron chi connectivity index (χ1n) is 13.8. The number of ether oxygens (including phenoxy) is 2. The zero-order chi connectivity index (χ0) is 21.3. The zero-order valence-corrected chi connectivity index (χ0v) is 20.5. The molecule has 2 saturated carbocycles. The van der Waals surface area contributed by atoms with E-state index in [9.17, 15) is 0 Å². The molecule has 2 aliphatic rings. The molecular weight excluding hydrogens is 368 g/mol. The SMILES string of the molecule is CCCCCCCCOC1CCC(=C2CCC(OCCCCCCCC)CC2)CC1. The molecule has 2 heteroatoms. The Labute approximate surface area is 188 Å². The van der Waals surface area contributed by atoms with Crippen LogP contribution in [0, 0.1) is 0 Å². The summed E-state index contributed by atoms with van der Waals surface area (Å²) in [5.41, 5.74) is 3.56. The summed E-state index contributed by atoms with van der Waals surface area (Å²) in [5, 5.41) is 0. The van der Waals surface area contributed by atoms with Gasteiger partial charge in [-0.1, -0.05) is 89.2 Å². The van der Waals surface area contributed by atoms with Crippen LogP contribution in [-0.4, -0.2) is 25.4 Å². The second kappa shape index (κ2) is 17.2. The van der Waals surface area contributed by atoms with E-state index in [4.69, 9.17) is 9.47 Å². The molecular formula is C28H52O2. The molecule has 0 spiro atoms. The maximum atomic E-state index is 6.19. The summed E-state index contributed by atoms with van der Waals surface area (Å²) < 4.78 is 12.4. The average molecular weight is 421 g/mol. The number of hydrogen-bond donors (Lipinski definition) is 0. The summed E-state index contributed by atoms with van der Waals surface area (Å²) in [6.45, 7) is 6.54. The Morgan fingerprint density at radius 1 is 0.500 bits per heavy atom. The quantitative estimate of drug-likeness (QED) is 0.183. The third kappa shape index (κ3) is 11.3. The summed E-state index contributed by atoms with van der Waals surface area (Å²) in [4.78, 5) is 0. The van der Waals surface area contributed by atoms with Crippen molar-refractivity contribution >= 4 is 0 Å². The molecule has 0 radical (unpaired) electrons. The highest BCUT2D eigenvalue weighted by Crippen LogP contribution is 2.35. The van der Waals surface area contributed by atoms with Crippen LogP contribution < -0.4 is 0 Å². The number of rotatable bonds is 16. The molecule has 2 fully saturated rings. The van der Waals surface area contributed by atoms with Crippen LogP contribution in [0.15, 0.2) is 11.1 Å². The van der Waals surface area contributed by atoms with Crippen molar-refractivity contribution in [2.45, 2.75) is 154 Å². The minimum Gasteiger partial charge on any atom is -0.378 e. The van der Waals surface area contributed by atoms with Crippen molar-refractivity contribution in [1.29, 1.82) is 0 Å². The van der Waals surface area contributed by atoms with Gasteiger partial charge in [0.05, 0.1) is 12.2 Å². The van der Waals surface area contributed by atoms with E-state index in [0.29, 0.717) is 12.2 Å². The van der Waals surface area contributed by atoms with Crippen LogP contribution in [0.1, 0.15) is 142 Å². The molecule has 0 atom stereocenters. The number of hydrogen-bond acceptors (Lipinski definition) is 2. The van der Waals surface area contributed by atoms with E-state index in [0.717, 1.165) is 13.2 Å². The van der Waals surface area contributed by atoms with Crippen molar-refractivity contribution in [2.24, 2.45) is 0 Å². The van der Waals surface area contributed by atoms with Crippen molar-refractivity contribution < 1.29 is 9.47 Å². The van der Waals surface area contributed by atoms with E-state index in [2.05, 4.69) is 13.8 Å². The van der Waals surface area contributed by atoms with Gasteiger partial charge < -0.3 is 9.47 Å². The second-order valence-electron chi connectivity index (χ2n) is 9.88. The molecule has 0 amide bonds. The van der Waals surface area contributed by atoms with Crippen molar-refractivity contribution in [2.75, 3.05) is 13.2 Å². The molecule has 2 aliphatic carbocycles. The van der Waals surface area contributed by atoms with Gasteiger partial charge in [0.2, 0.25) is 0 Å². The molecule has 0 aliphatic heterocycles. The summed E-state index contributed by atoms with van der Waals surface area (Å²) in [6, 6.07) is 0. The number of unbranched alkanes of at least 4 members (excludes halogenated alkanes) is 10. The molecule has 0 saturated heterocycles. The van der Waals surface area contributed by atoms with Gasteiger partial charge in [-0.3, -0.25) is 0 Å². The normalized spacial score (nSPS) is 22.6. The summed E-state index contributed by atoms with van der Waals surface area (Å²) in [5.74, 6) is 0.